The first-order chi connectivity index (χ1) is 51.1. The summed E-state index contributed by atoms with van der Waals surface area (Å²) in [5.74, 6) is 2.94. The van der Waals surface area contributed by atoms with Gasteiger partial charge in [0.2, 0.25) is 5.95 Å². The van der Waals surface area contributed by atoms with E-state index in [-0.39, 0.29) is 0 Å². The first-order valence-electron chi connectivity index (χ1n) is 35.3. The molecular formula is C94H51N9. The second-order valence-corrected chi connectivity index (χ2v) is 27.9. The van der Waals surface area contributed by atoms with Crippen LogP contribution in [0.1, 0.15) is 0 Å². The van der Waals surface area contributed by atoms with E-state index in [1.165, 1.54) is 119 Å². The van der Waals surface area contributed by atoms with Gasteiger partial charge >= 0.3 is 0 Å². The van der Waals surface area contributed by atoms with Crippen molar-refractivity contribution in [1.82, 2.24) is 42.4 Å². The first kappa shape index (κ1) is 54.0. The third-order valence-electron chi connectivity index (χ3n) is 22.9. The third kappa shape index (κ3) is 6.90. The fourth-order valence-corrected chi connectivity index (χ4v) is 18.7. The van der Waals surface area contributed by atoms with E-state index < -0.39 is 0 Å². The van der Waals surface area contributed by atoms with Gasteiger partial charge in [0.15, 0.2) is 11.6 Å². The zero-order valence-electron chi connectivity index (χ0n) is 55.0. The Bertz CT molecular complexity index is 8140. The van der Waals surface area contributed by atoms with Crippen LogP contribution in [0.25, 0.3) is 236 Å². The topological polar surface area (TPSA) is 75.2 Å². The molecule has 0 bridgehead atoms. The molecule has 25 rings (SSSR count). The summed E-state index contributed by atoms with van der Waals surface area (Å²) >= 11 is 0. The van der Waals surface area contributed by atoms with Crippen LogP contribution >= 0.6 is 0 Å². The van der Waals surface area contributed by atoms with Crippen LogP contribution in [-0.2, 0) is 0 Å². The standard InChI is InChI=1S/C94H51N9/c1-4-25-58-52(20-1)40-45-79-82(58)64-31-10-18-39-77(64)101(79)94-96-73-35-14-8-30-63(73)93(98-94)103-81-47-42-54-22-3-6-27-60(54)84(81)71-51-69-67-49-56(43-44-78(67)100-76-38-17-12-33-66(76)86(88(69)100)90(71)103)55-23-19-24-57(48-55)91-95-72-34-13-7-29-62(72)92(97-91)102-80-46-41-53-21-2-5-26-59(53)83(80)70-50-68-61-28-9-15-36-74(61)99-75-37-16-11-32-65(75)85(87(68)99)89(70)102/h1-51H. The number of nitrogens with zero attached hydrogens (tertiary/aromatic N) is 9. The average molecular weight is 1310 g/mol. The summed E-state index contributed by atoms with van der Waals surface area (Å²) in [6, 6.07) is 113. The largest absolute Gasteiger partial charge is 0.308 e. The Labute approximate surface area is 584 Å². The van der Waals surface area contributed by atoms with Crippen LogP contribution in [0, 0.1) is 0 Å². The molecule has 9 aromatic heterocycles. The molecule has 0 fully saturated rings. The summed E-state index contributed by atoms with van der Waals surface area (Å²) < 4.78 is 12.2. The van der Waals surface area contributed by atoms with Gasteiger partial charge in [-0.3, -0.25) is 13.7 Å². The minimum atomic E-state index is 0.616. The second-order valence-electron chi connectivity index (χ2n) is 27.9. The van der Waals surface area contributed by atoms with Crippen molar-refractivity contribution < 1.29 is 0 Å². The van der Waals surface area contributed by atoms with Gasteiger partial charge in [-0.2, -0.15) is 4.98 Å². The van der Waals surface area contributed by atoms with Gasteiger partial charge in [-0.25, -0.2) is 15.0 Å². The van der Waals surface area contributed by atoms with E-state index in [0.717, 1.165) is 105 Å². The molecule has 9 heterocycles. The Balaban J connectivity index is 0.720. The van der Waals surface area contributed by atoms with Crippen LogP contribution in [0.4, 0.5) is 0 Å². The van der Waals surface area contributed by atoms with Crippen molar-refractivity contribution in [2.75, 3.05) is 0 Å². The molecule has 9 nitrogen and oxygen atoms in total. The van der Waals surface area contributed by atoms with Crippen molar-refractivity contribution >= 4 is 196 Å². The third-order valence-corrected chi connectivity index (χ3v) is 22.9. The first-order valence-corrected chi connectivity index (χ1v) is 35.3. The Hall–Kier alpha value is -14.0. The van der Waals surface area contributed by atoms with Crippen molar-refractivity contribution in [3.63, 3.8) is 0 Å². The summed E-state index contributed by atoms with van der Waals surface area (Å²) in [5.41, 5.74) is 18.5. The molecule has 0 aliphatic rings. The maximum Gasteiger partial charge on any atom is 0.237 e. The molecule has 0 unspecified atom stereocenters. The van der Waals surface area contributed by atoms with Crippen LogP contribution in [0.15, 0.2) is 309 Å². The van der Waals surface area contributed by atoms with Crippen molar-refractivity contribution in [1.29, 1.82) is 0 Å². The number of para-hydroxylation sites is 6. The fraction of sp³-hybridized carbons (Fsp3) is 0. The molecule has 0 aliphatic carbocycles. The lowest BCUT2D eigenvalue weighted by Crippen LogP contribution is -2.07. The van der Waals surface area contributed by atoms with E-state index in [2.05, 4.69) is 332 Å². The van der Waals surface area contributed by atoms with Crippen molar-refractivity contribution in [2.45, 2.75) is 0 Å². The molecule has 103 heavy (non-hydrogen) atoms. The quantitative estimate of drug-likeness (QED) is 0.172. The highest BCUT2D eigenvalue weighted by atomic mass is 15.2. The van der Waals surface area contributed by atoms with Gasteiger partial charge < -0.3 is 8.80 Å². The smallest absolute Gasteiger partial charge is 0.237 e. The van der Waals surface area contributed by atoms with Crippen LogP contribution in [-0.4, -0.2) is 42.4 Å². The molecule has 0 aliphatic heterocycles. The zero-order valence-corrected chi connectivity index (χ0v) is 55.0. The SMILES string of the molecule is c1cc(-c2ccc3c(c2)c2cc4c5c6ccccc6ccc5n(-c5nc(-n6c7ccccc7c7c8ccccc8ccc76)nc6ccccc56)c4c4c5ccccc5n3c24)cc(-c2nc(-n3c4ccc5ccccc5c4c4cc5c6ccccc6n6c7ccccc7c(c43)c56)c3ccccc3n2)c1. The van der Waals surface area contributed by atoms with E-state index in [4.69, 9.17) is 19.9 Å². The summed E-state index contributed by atoms with van der Waals surface area (Å²) in [6.07, 6.45) is 0. The zero-order chi connectivity index (χ0) is 66.6. The molecule has 0 amide bonds. The van der Waals surface area contributed by atoms with Crippen LogP contribution in [0.5, 0.6) is 0 Å². The van der Waals surface area contributed by atoms with E-state index in [9.17, 15) is 0 Å². The Morgan fingerprint density at radius 2 is 0.592 bits per heavy atom. The lowest BCUT2D eigenvalue weighted by atomic mass is 9.98. The van der Waals surface area contributed by atoms with Gasteiger partial charge in [0, 0.05) is 91.7 Å². The van der Waals surface area contributed by atoms with Crippen LogP contribution in [0.3, 0.4) is 0 Å². The number of aromatic nitrogens is 9. The maximum absolute atomic E-state index is 5.89. The molecule has 472 valence electrons. The van der Waals surface area contributed by atoms with Gasteiger partial charge in [0.05, 0.1) is 77.2 Å². The lowest BCUT2D eigenvalue weighted by Gasteiger charge is -2.15. The molecule has 0 radical (unpaired) electrons. The van der Waals surface area contributed by atoms with Crippen LogP contribution < -0.4 is 0 Å². The van der Waals surface area contributed by atoms with Gasteiger partial charge in [-0.05, 0) is 141 Å². The highest BCUT2D eigenvalue weighted by Crippen LogP contribution is 2.52. The number of rotatable bonds is 5. The molecular weight excluding hydrogens is 1260 g/mol. The maximum atomic E-state index is 5.89. The predicted molar refractivity (Wildman–Crippen MR) is 428 cm³/mol. The number of benzene rings is 16. The summed E-state index contributed by atoms with van der Waals surface area (Å²) in [5, 5.41) is 25.9. The summed E-state index contributed by atoms with van der Waals surface area (Å²) in [4.78, 5) is 22.7. The van der Waals surface area contributed by atoms with E-state index in [1.807, 2.05) is 0 Å². The van der Waals surface area contributed by atoms with Crippen molar-refractivity contribution in [3.05, 3.63) is 309 Å². The average Bonchev–Trinajstić information content (AvgIpc) is 1.51. The highest BCUT2D eigenvalue weighted by molar-refractivity contribution is 6.39. The minimum absolute atomic E-state index is 0.616. The Morgan fingerprint density at radius 3 is 1.17 bits per heavy atom. The van der Waals surface area contributed by atoms with Crippen molar-refractivity contribution in [2.24, 2.45) is 0 Å². The van der Waals surface area contributed by atoms with E-state index >= 15 is 0 Å². The van der Waals surface area contributed by atoms with E-state index in [0.29, 0.717) is 11.8 Å². The second kappa shape index (κ2) is 19.5. The molecule has 0 N–H and O–H groups in total. The number of hydrogen-bond donors (Lipinski definition) is 0. The lowest BCUT2D eigenvalue weighted by molar-refractivity contribution is 0.974. The van der Waals surface area contributed by atoms with Crippen LogP contribution in [0.2, 0.25) is 0 Å². The summed E-state index contributed by atoms with van der Waals surface area (Å²) in [7, 11) is 0. The molecule has 0 saturated carbocycles. The monoisotopic (exact) mass is 1310 g/mol. The van der Waals surface area contributed by atoms with E-state index in [1.54, 1.807) is 0 Å². The minimum Gasteiger partial charge on any atom is -0.308 e. The summed E-state index contributed by atoms with van der Waals surface area (Å²) in [6.45, 7) is 0. The molecule has 25 aromatic rings. The van der Waals surface area contributed by atoms with Gasteiger partial charge in [0.1, 0.15) is 5.82 Å². The fourth-order valence-electron chi connectivity index (χ4n) is 18.7. The Kier molecular flexibility index (Phi) is 10.2. The molecule has 0 spiro atoms. The molecule has 0 saturated heterocycles. The van der Waals surface area contributed by atoms with Gasteiger partial charge in [0.25, 0.3) is 0 Å². The molecule has 0 atom stereocenters. The molecule has 9 heteroatoms. The predicted octanol–water partition coefficient (Wildman–Crippen LogP) is 24.0. The van der Waals surface area contributed by atoms with Gasteiger partial charge in [-0.1, -0.05) is 212 Å². The highest BCUT2D eigenvalue weighted by Gasteiger charge is 2.31. The normalized spacial score (nSPS) is 12.7. The molecule has 16 aromatic carbocycles. The Morgan fingerprint density at radius 1 is 0.194 bits per heavy atom. The number of fused-ring (bicyclic) bond motifs is 31. The number of hydrogen-bond acceptors (Lipinski definition) is 4. The van der Waals surface area contributed by atoms with Crippen molar-refractivity contribution in [3.8, 4) is 40.1 Å². The van der Waals surface area contributed by atoms with Gasteiger partial charge in [-0.15, -0.1) is 0 Å².